The first-order valence-electron chi connectivity index (χ1n) is 5.42. The van der Waals surface area contributed by atoms with E-state index in [0.29, 0.717) is 10.8 Å². The molecule has 1 atom stereocenters. The summed E-state index contributed by atoms with van der Waals surface area (Å²) < 4.78 is 5.09. The number of nitrogens with one attached hydrogen (secondary N) is 1. The molecule has 0 aliphatic rings. The molecule has 4 heteroatoms. The van der Waals surface area contributed by atoms with Crippen LogP contribution in [0.4, 0.5) is 0 Å². The van der Waals surface area contributed by atoms with Gasteiger partial charge in [-0.05, 0) is 37.6 Å². The Labute approximate surface area is 102 Å². The molecule has 0 saturated carbocycles. The zero-order valence-corrected chi connectivity index (χ0v) is 10.6. The Hall–Kier alpha value is -0.770. The number of methoxy groups -OCH3 is 1. The molecule has 0 radical (unpaired) electrons. The van der Waals surface area contributed by atoms with E-state index in [9.17, 15) is 0 Å². The third-order valence-electron chi connectivity index (χ3n) is 2.32. The highest BCUT2D eigenvalue weighted by atomic mass is 35.5. The highest BCUT2D eigenvalue weighted by molar-refractivity contribution is 6.32. The molecular weight excluding hydrogens is 224 g/mol. The van der Waals surface area contributed by atoms with Gasteiger partial charge in [0.05, 0.1) is 12.1 Å². The predicted molar refractivity (Wildman–Crippen MR) is 68.0 cm³/mol. The Morgan fingerprint density at radius 2 is 2.25 bits per heavy atom. The number of nitrogens with two attached hydrogens (primary N) is 1. The fourth-order valence-electron chi connectivity index (χ4n) is 1.38. The lowest BCUT2D eigenvalue weighted by Gasteiger charge is -2.08. The highest BCUT2D eigenvalue weighted by Crippen LogP contribution is 2.24. The van der Waals surface area contributed by atoms with Gasteiger partial charge >= 0.3 is 0 Å². The molecule has 1 aromatic rings. The molecule has 0 fully saturated rings. The molecule has 0 amide bonds. The van der Waals surface area contributed by atoms with Crippen molar-refractivity contribution in [1.82, 2.24) is 5.32 Å². The van der Waals surface area contributed by atoms with Crippen LogP contribution in [0.15, 0.2) is 18.2 Å². The number of hydrogen-bond donors (Lipinski definition) is 2. The summed E-state index contributed by atoms with van der Waals surface area (Å²) in [7, 11) is 1.61. The molecule has 1 aromatic carbocycles. The predicted octanol–water partition coefficient (Wildman–Crippen LogP) is 2.18. The van der Waals surface area contributed by atoms with Crippen LogP contribution in [-0.4, -0.2) is 19.7 Å². The van der Waals surface area contributed by atoms with Gasteiger partial charge < -0.3 is 15.8 Å². The molecule has 3 nitrogen and oxygen atoms in total. The topological polar surface area (TPSA) is 47.3 Å². The minimum absolute atomic E-state index is 0.243. The second-order valence-electron chi connectivity index (χ2n) is 3.91. The lowest BCUT2D eigenvalue weighted by Crippen LogP contribution is -2.23. The minimum Gasteiger partial charge on any atom is -0.495 e. The summed E-state index contributed by atoms with van der Waals surface area (Å²) in [6, 6.07) is 6.04. The molecule has 0 saturated heterocycles. The number of halogens is 1. The number of ether oxygens (including phenoxy) is 1. The summed E-state index contributed by atoms with van der Waals surface area (Å²) >= 11 is 6.02. The van der Waals surface area contributed by atoms with E-state index in [2.05, 4.69) is 5.32 Å². The van der Waals surface area contributed by atoms with Gasteiger partial charge in [-0.3, -0.25) is 0 Å². The number of benzene rings is 1. The molecule has 90 valence electrons. The number of hydrogen-bond acceptors (Lipinski definition) is 3. The molecular formula is C12H19ClN2O. The van der Waals surface area contributed by atoms with E-state index in [0.717, 1.165) is 25.1 Å². The largest absolute Gasteiger partial charge is 0.495 e. The zero-order chi connectivity index (χ0) is 12.0. The monoisotopic (exact) mass is 242 g/mol. The van der Waals surface area contributed by atoms with Gasteiger partial charge in [0.1, 0.15) is 5.75 Å². The van der Waals surface area contributed by atoms with Gasteiger partial charge in [-0.15, -0.1) is 0 Å². The van der Waals surface area contributed by atoms with E-state index < -0.39 is 0 Å². The van der Waals surface area contributed by atoms with Crippen molar-refractivity contribution in [3.8, 4) is 5.75 Å². The fraction of sp³-hybridized carbons (Fsp3) is 0.500. The van der Waals surface area contributed by atoms with Gasteiger partial charge in [-0.25, -0.2) is 0 Å². The number of rotatable bonds is 6. The van der Waals surface area contributed by atoms with Gasteiger partial charge in [-0.1, -0.05) is 17.7 Å². The molecule has 3 N–H and O–H groups in total. The summed E-state index contributed by atoms with van der Waals surface area (Å²) in [5, 5.41) is 3.97. The molecule has 0 spiro atoms. The summed E-state index contributed by atoms with van der Waals surface area (Å²) in [4.78, 5) is 0. The zero-order valence-electron chi connectivity index (χ0n) is 9.79. The summed E-state index contributed by atoms with van der Waals surface area (Å²) in [5.41, 5.74) is 6.80. The quantitative estimate of drug-likeness (QED) is 0.752. The first-order chi connectivity index (χ1) is 7.63. The molecule has 0 heterocycles. The second-order valence-corrected chi connectivity index (χ2v) is 4.32. The summed E-state index contributed by atoms with van der Waals surface area (Å²) in [6.07, 6.45) is 0.976. The molecule has 0 bridgehead atoms. The second kappa shape index (κ2) is 6.74. The fourth-order valence-corrected chi connectivity index (χ4v) is 1.66. The van der Waals surface area contributed by atoms with Crippen LogP contribution in [-0.2, 0) is 6.54 Å². The van der Waals surface area contributed by atoms with Gasteiger partial charge in [0.2, 0.25) is 0 Å². The van der Waals surface area contributed by atoms with Gasteiger partial charge in [0, 0.05) is 12.6 Å². The molecule has 16 heavy (non-hydrogen) atoms. The van der Waals surface area contributed by atoms with E-state index in [1.54, 1.807) is 7.11 Å². The van der Waals surface area contributed by atoms with Crippen LogP contribution in [0.25, 0.3) is 0 Å². The van der Waals surface area contributed by atoms with E-state index in [1.807, 2.05) is 25.1 Å². The van der Waals surface area contributed by atoms with Crippen molar-refractivity contribution < 1.29 is 4.74 Å². The van der Waals surface area contributed by atoms with E-state index >= 15 is 0 Å². The first-order valence-corrected chi connectivity index (χ1v) is 5.80. The van der Waals surface area contributed by atoms with Gasteiger partial charge in [0.15, 0.2) is 0 Å². The van der Waals surface area contributed by atoms with Crippen molar-refractivity contribution in [2.75, 3.05) is 13.7 Å². The molecule has 0 aliphatic heterocycles. The van der Waals surface area contributed by atoms with Crippen molar-refractivity contribution in [3.63, 3.8) is 0 Å². The summed E-state index contributed by atoms with van der Waals surface area (Å²) in [6.45, 7) is 3.73. The van der Waals surface area contributed by atoms with Crippen molar-refractivity contribution in [2.45, 2.75) is 25.9 Å². The van der Waals surface area contributed by atoms with Gasteiger partial charge in [0.25, 0.3) is 0 Å². The van der Waals surface area contributed by atoms with Crippen molar-refractivity contribution in [1.29, 1.82) is 0 Å². The lowest BCUT2D eigenvalue weighted by atomic mass is 10.2. The van der Waals surface area contributed by atoms with Crippen molar-refractivity contribution in [2.24, 2.45) is 5.73 Å². The summed E-state index contributed by atoms with van der Waals surface area (Å²) in [5.74, 6) is 0.709. The Balaban J connectivity index is 2.40. The van der Waals surface area contributed by atoms with Crippen molar-refractivity contribution >= 4 is 11.6 Å². The van der Waals surface area contributed by atoms with Crippen LogP contribution in [0, 0.1) is 0 Å². The maximum absolute atomic E-state index is 6.02. The lowest BCUT2D eigenvalue weighted by molar-refractivity contribution is 0.415. The Bertz CT molecular complexity index is 329. The van der Waals surface area contributed by atoms with Crippen LogP contribution in [0.1, 0.15) is 18.9 Å². The van der Waals surface area contributed by atoms with Gasteiger partial charge in [-0.2, -0.15) is 0 Å². The van der Waals surface area contributed by atoms with Crippen LogP contribution in [0.5, 0.6) is 5.75 Å². The Morgan fingerprint density at radius 3 is 2.81 bits per heavy atom. The average Bonchev–Trinajstić information content (AvgIpc) is 2.24. The molecule has 0 aliphatic carbocycles. The molecule has 0 aromatic heterocycles. The van der Waals surface area contributed by atoms with Crippen LogP contribution >= 0.6 is 11.6 Å². The molecule has 1 unspecified atom stereocenters. The van der Waals surface area contributed by atoms with Crippen molar-refractivity contribution in [3.05, 3.63) is 28.8 Å². The van der Waals surface area contributed by atoms with E-state index in [-0.39, 0.29) is 6.04 Å². The average molecular weight is 243 g/mol. The highest BCUT2D eigenvalue weighted by Gasteiger charge is 2.01. The van der Waals surface area contributed by atoms with Crippen LogP contribution < -0.4 is 15.8 Å². The van der Waals surface area contributed by atoms with Crippen LogP contribution in [0.3, 0.4) is 0 Å². The normalized spacial score (nSPS) is 12.5. The maximum Gasteiger partial charge on any atom is 0.137 e. The first kappa shape index (κ1) is 13.3. The molecule has 1 rings (SSSR count). The van der Waals surface area contributed by atoms with E-state index in [1.165, 1.54) is 0 Å². The van der Waals surface area contributed by atoms with E-state index in [4.69, 9.17) is 22.1 Å². The SMILES string of the molecule is COc1ccc(CNCCC(C)N)cc1Cl. The van der Waals surface area contributed by atoms with Crippen LogP contribution in [0.2, 0.25) is 5.02 Å². The maximum atomic E-state index is 6.02. The third kappa shape index (κ3) is 4.39. The smallest absolute Gasteiger partial charge is 0.137 e. The minimum atomic E-state index is 0.243. The Kier molecular flexibility index (Phi) is 5.60. The standard InChI is InChI=1S/C12H19ClN2O/c1-9(14)5-6-15-8-10-3-4-12(16-2)11(13)7-10/h3-4,7,9,15H,5-6,8,14H2,1-2H3. The third-order valence-corrected chi connectivity index (χ3v) is 2.62. The Morgan fingerprint density at radius 1 is 1.50 bits per heavy atom.